The number of hydrogen-bond donors (Lipinski definition) is 6. The Bertz CT molecular complexity index is 770. The van der Waals surface area contributed by atoms with E-state index < -0.39 is 54.3 Å². The van der Waals surface area contributed by atoms with E-state index in [1.165, 1.54) is 6.92 Å². The highest BCUT2D eigenvalue weighted by molar-refractivity contribution is 5.93. The van der Waals surface area contributed by atoms with E-state index in [0.717, 1.165) is 5.56 Å². The minimum absolute atomic E-state index is 0.0889. The molecule has 0 aliphatic carbocycles. The van der Waals surface area contributed by atoms with Crippen LogP contribution in [0.5, 0.6) is 0 Å². The van der Waals surface area contributed by atoms with Gasteiger partial charge in [0.15, 0.2) is 0 Å². The van der Waals surface area contributed by atoms with E-state index in [1.807, 2.05) is 18.2 Å². The van der Waals surface area contributed by atoms with Crippen LogP contribution in [-0.4, -0.2) is 59.4 Å². The molecule has 0 aliphatic rings. The first-order valence-corrected chi connectivity index (χ1v) is 9.28. The van der Waals surface area contributed by atoms with E-state index in [-0.39, 0.29) is 19.3 Å². The normalized spacial score (nSPS) is 13.4. The van der Waals surface area contributed by atoms with E-state index >= 15 is 0 Å². The van der Waals surface area contributed by atoms with E-state index in [2.05, 4.69) is 16.0 Å². The fourth-order valence-corrected chi connectivity index (χ4v) is 2.49. The van der Waals surface area contributed by atoms with E-state index in [9.17, 15) is 24.0 Å². The molecule has 1 aromatic carbocycles. The Morgan fingerprint density at radius 3 is 2.20 bits per heavy atom. The lowest BCUT2D eigenvalue weighted by atomic mass is 10.0. The maximum atomic E-state index is 12.5. The predicted molar refractivity (Wildman–Crippen MR) is 107 cm³/mol. The van der Waals surface area contributed by atoms with Crippen LogP contribution < -0.4 is 27.4 Å². The Balaban J connectivity index is 2.73. The molecule has 0 heterocycles. The Labute approximate surface area is 173 Å². The van der Waals surface area contributed by atoms with Crippen LogP contribution in [0.4, 0.5) is 0 Å². The van der Waals surface area contributed by atoms with E-state index in [0.29, 0.717) is 0 Å². The van der Waals surface area contributed by atoms with Crippen molar-refractivity contribution in [1.82, 2.24) is 16.0 Å². The van der Waals surface area contributed by atoms with Crippen molar-refractivity contribution in [3.8, 4) is 0 Å². The van der Waals surface area contributed by atoms with Crippen molar-refractivity contribution in [3.63, 3.8) is 0 Å². The molecule has 0 bridgehead atoms. The number of aliphatic carboxylic acids is 1. The van der Waals surface area contributed by atoms with Crippen LogP contribution in [-0.2, 0) is 30.4 Å². The summed E-state index contributed by atoms with van der Waals surface area (Å²) >= 11 is 0. The first kappa shape index (κ1) is 24.6. The minimum atomic E-state index is -1.24. The molecule has 0 fully saturated rings. The number of nitrogens with two attached hydrogens (primary N) is 2. The molecule has 30 heavy (non-hydrogen) atoms. The van der Waals surface area contributed by atoms with Crippen LogP contribution in [0.2, 0.25) is 0 Å². The summed E-state index contributed by atoms with van der Waals surface area (Å²) in [6.07, 6.45) is -0.0227. The molecule has 0 aliphatic heterocycles. The highest BCUT2D eigenvalue weighted by Gasteiger charge is 2.26. The molecular formula is C19H27N5O6. The second kappa shape index (κ2) is 12.2. The molecule has 1 aromatic rings. The summed E-state index contributed by atoms with van der Waals surface area (Å²) in [6, 6.07) is 5.90. The van der Waals surface area contributed by atoms with Crippen LogP contribution in [0.1, 0.15) is 25.3 Å². The Morgan fingerprint density at radius 2 is 1.63 bits per heavy atom. The van der Waals surface area contributed by atoms with Gasteiger partial charge in [-0.1, -0.05) is 30.3 Å². The smallest absolute Gasteiger partial charge is 0.322 e. The molecular weight excluding hydrogens is 394 g/mol. The Morgan fingerprint density at radius 1 is 1.00 bits per heavy atom. The summed E-state index contributed by atoms with van der Waals surface area (Å²) in [5.74, 6) is -3.95. The zero-order valence-corrected chi connectivity index (χ0v) is 16.6. The average Bonchev–Trinajstić information content (AvgIpc) is 2.69. The van der Waals surface area contributed by atoms with Gasteiger partial charge in [0.2, 0.25) is 23.6 Å². The number of carbonyl (C=O) groups is 5. The van der Waals surface area contributed by atoms with Crippen molar-refractivity contribution >= 4 is 29.6 Å². The minimum Gasteiger partial charge on any atom is -0.480 e. The lowest BCUT2D eigenvalue weighted by Gasteiger charge is -2.22. The van der Waals surface area contributed by atoms with Crippen LogP contribution in [0.3, 0.4) is 0 Å². The molecule has 164 valence electrons. The second-order valence-corrected chi connectivity index (χ2v) is 6.70. The van der Waals surface area contributed by atoms with Gasteiger partial charge in [-0.05, 0) is 25.3 Å². The topological polar surface area (TPSA) is 194 Å². The third-order valence-corrected chi connectivity index (χ3v) is 4.11. The van der Waals surface area contributed by atoms with Crippen LogP contribution in [0.25, 0.3) is 0 Å². The van der Waals surface area contributed by atoms with Crippen LogP contribution >= 0.6 is 0 Å². The third-order valence-electron chi connectivity index (χ3n) is 4.11. The summed E-state index contributed by atoms with van der Waals surface area (Å²) < 4.78 is 0. The van der Waals surface area contributed by atoms with Crippen molar-refractivity contribution in [2.45, 2.75) is 44.3 Å². The van der Waals surface area contributed by atoms with Crippen molar-refractivity contribution in [2.24, 2.45) is 11.5 Å². The summed E-state index contributed by atoms with van der Waals surface area (Å²) in [4.78, 5) is 58.4. The molecule has 0 aromatic heterocycles. The van der Waals surface area contributed by atoms with Gasteiger partial charge in [0.25, 0.3) is 0 Å². The molecule has 0 spiro atoms. The van der Waals surface area contributed by atoms with Gasteiger partial charge in [-0.15, -0.1) is 0 Å². The quantitative estimate of drug-likeness (QED) is 0.225. The van der Waals surface area contributed by atoms with Crippen LogP contribution in [0, 0.1) is 0 Å². The SMILES string of the molecule is C[C@H](NC(=O)[C@H](CCC(N)=O)NC(=O)[C@@H](N)Cc1ccccc1)C(=O)NCC(=O)O. The van der Waals surface area contributed by atoms with Crippen LogP contribution in [0.15, 0.2) is 30.3 Å². The van der Waals surface area contributed by atoms with Gasteiger partial charge in [0, 0.05) is 6.42 Å². The van der Waals surface area contributed by atoms with Gasteiger partial charge in [0.05, 0.1) is 6.04 Å². The predicted octanol–water partition coefficient (Wildman–Crippen LogP) is -1.99. The molecule has 4 amide bonds. The van der Waals surface area contributed by atoms with Crippen molar-refractivity contribution in [3.05, 3.63) is 35.9 Å². The maximum absolute atomic E-state index is 12.5. The van der Waals surface area contributed by atoms with E-state index in [1.54, 1.807) is 12.1 Å². The first-order chi connectivity index (χ1) is 14.1. The fourth-order valence-electron chi connectivity index (χ4n) is 2.49. The molecule has 11 heteroatoms. The lowest BCUT2D eigenvalue weighted by molar-refractivity contribution is -0.138. The zero-order valence-electron chi connectivity index (χ0n) is 16.6. The van der Waals surface area contributed by atoms with Gasteiger partial charge < -0.3 is 32.5 Å². The number of nitrogens with one attached hydrogen (secondary N) is 3. The van der Waals surface area contributed by atoms with Crippen molar-refractivity contribution in [2.75, 3.05) is 6.54 Å². The first-order valence-electron chi connectivity index (χ1n) is 9.28. The number of carboxylic acid groups (broad SMARTS) is 1. The number of primary amides is 1. The second-order valence-electron chi connectivity index (χ2n) is 6.70. The van der Waals surface area contributed by atoms with Gasteiger partial charge in [-0.25, -0.2) is 0 Å². The Hall–Kier alpha value is -3.47. The van der Waals surface area contributed by atoms with Crippen molar-refractivity contribution < 1.29 is 29.1 Å². The average molecular weight is 421 g/mol. The third kappa shape index (κ3) is 9.15. The summed E-state index contributed by atoms with van der Waals surface area (Å²) in [7, 11) is 0. The monoisotopic (exact) mass is 421 g/mol. The zero-order chi connectivity index (χ0) is 22.7. The largest absolute Gasteiger partial charge is 0.480 e. The van der Waals surface area contributed by atoms with Gasteiger partial charge in [-0.3, -0.25) is 24.0 Å². The highest BCUT2D eigenvalue weighted by Crippen LogP contribution is 2.04. The van der Waals surface area contributed by atoms with E-state index in [4.69, 9.17) is 16.6 Å². The summed E-state index contributed by atoms with van der Waals surface area (Å²) in [5.41, 5.74) is 11.9. The fraction of sp³-hybridized carbons (Fsp3) is 0.421. The maximum Gasteiger partial charge on any atom is 0.322 e. The number of carbonyl (C=O) groups excluding carboxylic acids is 4. The standard InChI is InChI=1S/C19H27N5O6/c1-11(17(28)22-10-16(26)27)23-19(30)14(7-8-15(21)25)24-18(29)13(20)9-12-5-3-2-4-6-12/h2-6,11,13-14H,7-10,20H2,1H3,(H2,21,25)(H,22,28)(H,23,30)(H,24,29)(H,26,27)/t11-,13-,14-/m0/s1. The molecule has 0 radical (unpaired) electrons. The summed E-state index contributed by atoms with van der Waals surface area (Å²) in [5, 5.41) is 15.6. The molecule has 11 nitrogen and oxygen atoms in total. The Kier molecular flexibility index (Phi) is 9.97. The number of hydrogen-bond acceptors (Lipinski definition) is 6. The molecule has 0 saturated heterocycles. The van der Waals surface area contributed by atoms with Crippen molar-refractivity contribution in [1.29, 1.82) is 0 Å². The number of rotatable bonds is 12. The number of amides is 4. The number of carboxylic acids is 1. The number of benzene rings is 1. The van der Waals surface area contributed by atoms with Gasteiger partial charge in [-0.2, -0.15) is 0 Å². The molecule has 8 N–H and O–H groups in total. The highest BCUT2D eigenvalue weighted by atomic mass is 16.4. The molecule has 0 unspecified atom stereocenters. The lowest BCUT2D eigenvalue weighted by Crippen LogP contribution is -2.55. The summed E-state index contributed by atoms with van der Waals surface area (Å²) in [6.45, 7) is 0.748. The molecule has 0 saturated carbocycles. The van der Waals surface area contributed by atoms with Gasteiger partial charge >= 0.3 is 5.97 Å². The van der Waals surface area contributed by atoms with Gasteiger partial charge in [0.1, 0.15) is 18.6 Å². The molecule has 3 atom stereocenters. The molecule has 1 rings (SSSR count).